The van der Waals surface area contributed by atoms with Crippen molar-refractivity contribution in [1.82, 2.24) is 5.32 Å². The van der Waals surface area contributed by atoms with Crippen LogP contribution in [0.5, 0.6) is 5.75 Å². The second-order valence-electron chi connectivity index (χ2n) is 4.34. The summed E-state index contributed by atoms with van der Waals surface area (Å²) in [6.45, 7) is 7.48. The Hall–Kier alpha value is -1.43. The molecule has 4 N–H and O–H groups in total. The summed E-state index contributed by atoms with van der Waals surface area (Å²) >= 11 is 1.33. The number of nitrogen functional groups attached to an aromatic ring is 1. The summed E-state index contributed by atoms with van der Waals surface area (Å²) in [7, 11) is 1.56. The van der Waals surface area contributed by atoms with Crippen molar-refractivity contribution in [2.24, 2.45) is 5.92 Å². The Labute approximate surface area is 112 Å². The van der Waals surface area contributed by atoms with E-state index >= 15 is 0 Å². The minimum Gasteiger partial charge on any atom is -0.492 e. The summed E-state index contributed by atoms with van der Waals surface area (Å²) < 4.78 is 5.26. The average molecular weight is 271 g/mol. The lowest BCUT2D eigenvalue weighted by atomic mass is 10.2. The number of ether oxygens (including phenoxy) is 1. The van der Waals surface area contributed by atoms with Crippen molar-refractivity contribution < 1.29 is 9.53 Å². The fourth-order valence-electron chi connectivity index (χ4n) is 1.45. The van der Waals surface area contributed by atoms with Gasteiger partial charge in [0.05, 0.1) is 7.11 Å². The SMILES string of the molecule is CCNC(=O)c1sc(NCC(C)C)c(OC)c1N. The first-order valence-corrected chi connectivity index (χ1v) is 6.81. The number of hydrogen-bond donors (Lipinski definition) is 3. The molecule has 0 aromatic carbocycles. The van der Waals surface area contributed by atoms with Crippen molar-refractivity contribution in [3.05, 3.63) is 4.88 Å². The van der Waals surface area contributed by atoms with Crippen molar-refractivity contribution in [2.45, 2.75) is 20.8 Å². The Balaban J connectivity index is 2.97. The lowest BCUT2D eigenvalue weighted by Gasteiger charge is -2.08. The normalized spacial score (nSPS) is 10.5. The third kappa shape index (κ3) is 3.29. The molecule has 0 aliphatic heterocycles. The molecule has 0 atom stereocenters. The molecule has 0 radical (unpaired) electrons. The zero-order chi connectivity index (χ0) is 13.7. The lowest BCUT2D eigenvalue weighted by Crippen LogP contribution is -2.22. The Morgan fingerprint density at radius 1 is 1.50 bits per heavy atom. The summed E-state index contributed by atoms with van der Waals surface area (Å²) in [6, 6.07) is 0. The van der Waals surface area contributed by atoms with Gasteiger partial charge in [0.1, 0.15) is 15.6 Å². The standard InChI is InChI=1S/C12H21N3O2S/c1-5-14-11(16)10-8(13)9(17-4)12(18-10)15-6-7(2)3/h7,15H,5-6,13H2,1-4H3,(H,14,16). The van der Waals surface area contributed by atoms with Crippen LogP contribution in [0.25, 0.3) is 0 Å². The summed E-state index contributed by atoms with van der Waals surface area (Å²) in [4.78, 5) is 12.3. The van der Waals surface area contributed by atoms with Crippen LogP contribution >= 0.6 is 11.3 Å². The number of amides is 1. The Morgan fingerprint density at radius 2 is 2.17 bits per heavy atom. The van der Waals surface area contributed by atoms with E-state index in [1.165, 1.54) is 11.3 Å². The fourth-order valence-corrected chi connectivity index (χ4v) is 2.47. The van der Waals surface area contributed by atoms with Crippen LogP contribution in [0.2, 0.25) is 0 Å². The number of anilines is 2. The Bertz CT molecular complexity index is 416. The molecule has 0 spiro atoms. The quantitative estimate of drug-likeness (QED) is 0.741. The van der Waals surface area contributed by atoms with Crippen LogP contribution in [0.1, 0.15) is 30.4 Å². The molecule has 5 nitrogen and oxygen atoms in total. The number of nitrogens with two attached hydrogens (primary N) is 1. The number of rotatable bonds is 6. The Morgan fingerprint density at radius 3 is 2.67 bits per heavy atom. The maximum absolute atomic E-state index is 11.8. The molecule has 102 valence electrons. The molecular weight excluding hydrogens is 250 g/mol. The van der Waals surface area contributed by atoms with Gasteiger partial charge in [-0.15, -0.1) is 11.3 Å². The highest BCUT2D eigenvalue weighted by Gasteiger charge is 2.21. The summed E-state index contributed by atoms with van der Waals surface area (Å²) in [5.41, 5.74) is 6.34. The zero-order valence-corrected chi connectivity index (χ0v) is 12.1. The van der Waals surface area contributed by atoms with E-state index < -0.39 is 0 Å². The molecule has 0 aliphatic rings. The van der Waals surface area contributed by atoms with Crippen molar-refractivity contribution in [3.63, 3.8) is 0 Å². The number of carbonyl (C=O) groups excluding carboxylic acids is 1. The van der Waals surface area contributed by atoms with E-state index in [0.29, 0.717) is 28.8 Å². The van der Waals surface area contributed by atoms with Crippen molar-refractivity contribution in [1.29, 1.82) is 0 Å². The van der Waals surface area contributed by atoms with Gasteiger partial charge in [-0.05, 0) is 12.8 Å². The van der Waals surface area contributed by atoms with Gasteiger partial charge in [0.2, 0.25) is 0 Å². The molecule has 0 bridgehead atoms. The van der Waals surface area contributed by atoms with Crippen molar-refractivity contribution in [3.8, 4) is 5.75 Å². The van der Waals surface area contributed by atoms with Crippen LogP contribution in [-0.2, 0) is 0 Å². The van der Waals surface area contributed by atoms with E-state index in [1.807, 2.05) is 6.92 Å². The number of carbonyl (C=O) groups is 1. The van der Waals surface area contributed by atoms with Gasteiger partial charge in [-0.1, -0.05) is 13.8 Å². The van der Waals surface area contributed by atoms with Gasteiger partial charge in [-0.2, -0.15) is 0 Å². The number of thiophene rings is 1. The zero-order valence-electron chi connectivity index (χ0n) is 11.3. The van der Waals surface area contributed by atoms with Gasteiger partial charge in [0.25, 0.3) is 5.91 Å². The van der Waals surface area contributed by atoms with Gasteiger partial charge in [0.15, 0.2) is 5.75 Å². The van der Waals surface area contributed by atoms with E-state index in [1.54, 1.807) is 7.11 Å². The average Bonchev–Trinajstić information content (AvgIpc) is 2.63. The molecule has 0 aliphatic carbocycles. The van der Waals surface area contributed by atoms with E-state index in [2.05, 4.69) is 24.5 Å². The summed E-state index contributed by atoms with van der Waals surface area (Å²) in [5, 5.41) is 6.81. The number of hydrogen-bond acceptors (Lipinski definition) is 5. The fraction of sp³-hybridized carbons (Fsp3) is 0.583. The van der Waals surface area contributed by atoms with Crippen LogP contribution in [0.4, 0.5) is 10.7 Å². The predicted molar refractivity (Wildman–Crippen MR) is 76.6 cm³/mol. The number of methoxy groups -OCH3 is 1. The largest absolute Gasteiger partial charge is 0.492 e. The third-order valence-electron chi connectivity index (χ3n) is 2.32. The van der Waals surface area contributed by atoms with Gasteiger partial charge >= 0.3 is 0 Å². The highest BCUT2D eigenvalue weighted by Crippen LogP contribution is 2.42. The highest BCUT2D eigenvalue weighted by atomic mass is 32.1. The topological polar surface area (TPSA) is 76.4 Å². The van der Waals surface area contributed by atoms with Crippen LogP contribution in [-0.4, -0.2) is 26.1 Å². The van der Waals surface area contributed by atoms with Crippen LogP contribution in [0.3, 0.4) is 0 Å². The molecule has 0 fully saturated rings. The monoisotopic (exact) mass is 271 g/mol. The van der Waals surface area contributed by atoms with Crippen LogP contribution < -0.4 is 21.1 Å². The van der Waals surface area contributed by atoms with E-state index in [0.717, 1.165) is 11.5 Å². The summed E-state index contributed by atoms with van der Waals surface area (Å²) in [5.74, 6) is 0.906. The third-order valence-corrected chi connectivity index (χ3v) is 3.46. The Kier molecular flexibility index (Phi) is 5.27. The molecule has 1 heterocycles. The predicted octanol–water partition coefficient (Wildman–Crippen LogP) is 2.16. The molecule has 1 aromatic rings. The lowest BCUT2D eigenvalue weighted by molar-refractivity contribution is 0.0960. The number of nitrogens with one attached hydrogen (secondary N) is 2. The first-order chi connectivity index (χ1) is 8.51. The molecular formula is C12H21N3O2S. The van der Waals surface area contributed by atoms with E-state index in [4.69, 9.17) is 10.5 Å². The van der Waals surface area contributed by atoms with Crippen molar-refractivity contribution in [2.75, 3.05) is 31.2 Å². The molecule has 0 saturated carbocycles. The van der Waals surface area contributed by atoms with Crippen LogP contribution in [0.15, 0.2) is 0 Å². The molecule has 1 rings (SSSR count). The van der Waals surface area contributed by atoms with E-state index in [-0.39, 0.29) is 5.91 Å². The van der Waals surface area contributed by atoms with Crippen molar-refractivity contribution >= 4 is 27.9 Å². The van der Waals surface area contributed by atoms with Gasteiger partial charge < -0.3 is 21.1 Å². The minimum atomic E-state index is -0.157. The smallest absolute Gasteiger partial charge is 0.263 e. The van der Waals surface area contributed by atoms with Gasteiger partial charge in [0, 0.05) is 13.1 Å². The molecule has 6 heteroatoms. The second-order valence-corrected chi connectivity index (χ2v) is 5.36. The first-order valence-electron chi connectivity index (χ1n) is 5.99. The second kappa shape index (κ2) is 6.49. The van der Waals surface area contributed by atoms with E-state index in [9.17, 15) is 4.79 Å². The van der Waals surface area contributed by atoms with Crippen LogP contribution in [0, 0.1) is 5.92 Å². The molecule has 18 heavy (non-hydrogen) atoms. The maximum Gasteiger partial charge on any atom is 0.263 e. The van der Waals surface area contributed by atoms with Gasteiger partial charge in [-0.25, -0.2) is 0 Å². The molecule has 1 amide bonds. The molecule has 0 unspecified atom stereocenters. The summed E-state index contributed by atoms with van der Waals surface area (Å²) in [6.07, 6.45) is 0. The molecule has 1 aromatic heterocycles. The maximum atomic E-state index is 11.8. The minimum absolute atomic E-state index is 0.157. The first kappa shape index (κ1) is 14.6. The van der Waals surface area contributed by atoms with Gasteiger partial charge in [-0.3, -0.25) is 4.79 Å². The highest BCUT2D eigenvalue weighted by molar-refractivity contribution is 7.19. The molecule has 0 saturated heterocycles.